The lowest BCUT2D eigenvalue weighted by Crippen LogP contribution is -2.41. The molecule has 0 spiro atoms. The number of aromatic nitrogens is 2. The third-order valence-electron chi connectivity index (χ3n) is 2.42. The van der Waals surface area contributed by atoms with Crippen LogP contribution in [0.3, 0.4) is 0 Å². The highest BCUT2D eigenvalue weighted by Gasteiger charge is 2.24. The molecule has 6 nitrogen and oxygen atoms in total. The topological polar surface area (TPSA) is 75.5 Å². The van der Waals surface area contributed by atoms with E-state index in [-0.39, 0.29) is 12.6 Å². The Kier molecular flexibility index (Phi) is 3.43. The molecule has 6 heteroatoms. The van der Waals surface area contributed by atoms with E-state index in [1.165, 1.54) is 0 Å². The number of rotatable bonds is 3. The summed E-state index contributed by atoms with van der Waals surface area (Å²) >= 11 is 0. The standard InChI is InChI=1S/C10H13N3O3/c14-10(15)7-13-3-4-16-9(6-13)8-5-11-1-2-12-8/h1-2,5,9H,3-4,6-7H2,(H,14,15). The van der Waals surface area contributed by atoms with Gasteiger partial charge >= 0.3 is 5.97 Å². The number of carboxylic acids is 1. The summed E-state index contributed by atoms with van der Waals surface area (Å²) in [7, 11) is 0. The summed E-state index contributed by atoms with van der Waals surface area (Å²) in [6, 6.07) is 0. The molecule has 2 rings (SSSR count). The van der Waals surface area contributed by atoms with Gasteiger partial charge in [0.15, 0.2) is 0 Å². The van der Waals surface area contributed by atoms with Crippen molar-refractivity contribution in [3.05, 3.63) is 24.3 Å². The van der Waals surface area contributed by atoms with Crippen LogP contribution >= 0.6 is 0 Å². The Morgan fingerprint density at radius 1 is 1.62 bits per heavy atom. The molecule has 1 aliphatic heterocycles. The second-order valence-corrected chi connectivity index (χ2v) is 3.62. The smallest absolute Gasteiger partial charge is 0.317 e. The van der Waals surface area contributed by atoms with Gasteiger partial charge in [-0.2, -0.15) is 0 Å². The molecule has 1 aliphatic rings. The highest BCUT2D eigenvalue weighted by molar-refractivity contribution is 5.69. The second kappa shape index (κ2) is 5.00. The molecule has 0 bridgehead atoms. The van der Waals surface area contributed by atoms with Gasteiger partial charge in [-0.05, 0) is 0 Å². The summed E-state index contributed by atoms with van der Waals surface area (Å²) in [5.74, 6) is -0.820. The van der Waals surface area contributed by atoms with E-state index in [1.54, 1.807) is 18.6 Å². The van der Waals surface area contributed by atoms with Gasteiger partial charge < -0.3 is 9.84 Å². The van der Waals surface area contributed by atoms with Crippen molar-refractivity contribution in [1.29, 1.82) is 0 Å². The van der Waals surface area contributed by atoms with Gasteiger partial charge in [0.05, 0.1) is 25.0 Å². The molecule has 2 heterocycles. The van der Waals surface area contributed by atoms with E-state index in [9.17, 15) is 4.79 Å². The molecule has 16 heavy (non-hydrogen) atoms. The van der Waals surface area contributed by atoms with Crippen LogP contribution in [0.25, 0.3) is 0 Å². The van der Waals surface area contributed by atoms with Crippen molar-refractivity contribution in [2.75, 3.05) is 26.2 Å². The van der Waals surface area contributed by atoms with Gasteiger partial charge in [0.1, 0.15) is 6.10 Å². The summed E-state index contributed by atoms with van der Waals surface area (Å²) < 4.78 is 5.54. The zero-order valence-electron chi connectivity index (χ0n) is 8.74. The minimum Gasteiger partial charge on any atom is -0.480 e. The Balaban J connectivity index is 1.99. The van der Waals surface area contributed by atoms with Gasteiger partial charge in [-0.3, -0.25) is 19.7 Å². The summed E-state index contributed by atoms with van der Waals surface area (Å²) in [4.78, 5) is 20.6. The Morgan fingerprint density at radius 3 is 3.19 bits per heavy atom. The summed E-state index contributed by atoms with van der Waals surface area (Å²) in [6.45, 7) is 1.75. The number of aliphatic carboxylic acids is 1. The van der Waals surface area contributed by atoms with E-state index in [0.29, 0.717) is 19.7 Å². The van der Waals surface area contributed by atoms with Crippen LogP contribution in [0.5, 0.6) is 0 Å². The average molecular weight is 223 g/mol. The average Bonchev–Trinajstić information content (AvgIpc) is 2.30. The maximum Gasteiger partial charge on any atom is 0.317 e. The van der Waals surface area contributed by atoms with Gasteiger partial charge in [0.2, 0.25) is 0 Å². The van der Waals surface area contributed by atoms with Crippen molar-refractivity contribution in [1.82, 2.24) is 14.9 Å². The molecule has 1 atom stereocenters. The number of nitrogens with zero attached hydrogens (tertiary/aromatic N) is 3. The highest BCUT2D eigenvalue weighted by atomic mass is 16.5. The van der Waals surface area contributed by atoms with Gasteiger partial charge in [-0.15, -0.1) is 0 Å². The molecule has 0 aliphatic carbocycles. The van der Waals surface area contributed by atoms with Crippen LogP contribution in [0, 0.1) is 0 Å². The van der Waals surface area contributed by atoms with E-state index < -0.39 is 5.97 Å². The SMILES string of the molecule is O=C(O)CN1CCOC(c2cnccn2)C1. The fourth-order valence-corrected chi connectivity index (χ4v) is 1.69. The predicted octanol–water partition coefficient (Wildman–Crippen LogP) is -0.0655. The van der Waals surface area contributed by atoms with Gasteiger partial charge in [0, 0.05) is 25.5 Å². The lowest BCUT2D eigenvalue weighted by molar-refractivity contribution is -0.140. The third kappa shape index (κ3) is 2.74. The maximum atomic E-state index is 10.6. The molecule has 1 fully saturated rings. The monoisotopic (exact) mass is 223 g/mol. The van der Waals surface area contributed by atoms with Gasteiger partial charge in [0.25, 0.3) is 0 Å². The third-order valence-corrected chi connectivity index (χ3v) is 2.42. The van der Waals surface area contributed by atoms with Crippen LogP contribution in [-0.2, 0) is 9.53 Å². The Hall–Kier alpha value is -1.53. The first-order chi connectivity index (χ1) is 7.75. The highest BCUT2D eigenvalue weighted by Crippen LogP contribution is 2.18. The molecule has 0 aromatic carbocycles. The predicted molar refractivity (Wildman–Crippen MR) is 54.8 cm³/mol. The van der Waals surface area contributed by atoms with Crippen molar-refractivity contribution in [2.45, 2.75) is 6.10 Å². The van der Waals surface area contributed by atoms with E-state index in [2.05, 4.69) is 9.97 Å². The lowest BCUT2D eigenvalue weighted by Gasteiger charge is -2.31. The Bertz CT molecular complexity index is 358. The number of carbonyl (C=O) groups is 1. The fraction of sp³-hybridized carbons (Fsp3) is 0.500. The van der Waals surface area contributed by atoms with Crippen molar-refractivity contribution >= 4 is 5.97 Å². The van der Waals surface area contributed by atoms with E-state index >= 15 is 0 Å². The molecule has 1 saturated heterocycles. The first kappa shape index (κ1) is 11.0. The van der Waals surface area contributed by atoms with Crippen molar-refractivity contribution in [3.63, 3.8) is 0 Å². The minimum atomic E-state index is -0.820. The van der Waals surface area contributed by atoms with Crippen LogP contribution in [0.15, 0.2) is 18.6 Å². The molecular formula is C10H13N3O3. The van der Waals surface area contributed by atoms with Crippen molar-refractivity contribution in [3.8, 4) is 0 Å². The minimum absolute atomic E-state index is 0.0418. The molecule has 1 aromatic heterocycles. The Morgan fingerprint density at radius 2 is 2.50 bits per heavy atom. The number of ether oxygens (including phenoxy) is 1. The van der Waals surface area contributed by atoms with Gasteiger partial charge in [-0.1, -0.05) is 0 Å². The largest absolute Gasteiger partial charge is 0.480 e. The zero-order valence-corrected chi connectivity index (χ0v) is 8.74. The van der Waals surface area contributed by atoms with Crippen LogP contribution in [-0.4, -0.2) is 52.2 Å². The first-order valence-corrected chi connectivity index (χ1v) is 5.07. The summed E-state index contributed by atoms with van der Waals surface area (Å²) in [5, 5.41) is 8.71. The fourth-order valence-electron chi connectivity index (χ4n) is 1.69. The van der Waals surface area contributed by atoms with Crippen LogP contribution in [0.2, 0.25) is 0 Å². The maximum absolute atomic E-state index is 10.6. The number of hydrogen-bond donors (Lipinski definition) is 1. The van der Waals surface area contributed by atoms with Gasteiger partial charge in [-0.25, -0.2) is 0 Å². The molecule has 86 valence electrons. The van der Waals surface area contributed by atoms with Crippen molar-refractivity contribution in [2.24, 2.45) is 0 Å². The molecule has 1 unspecified atom stereocenters. The molecule has 0 amide bonds. The molecular weight excluding hydrogens is 210 g/mol. The van der Waals surface area contributed by atoms with Crippen LogP contribution in [0.1, 0.15) is 11.8 Å². The number of carboxylic acid groups (broad SMARTS) is 1. The van der Waals surface area contributed by atoms with Crippen LogP contribution < -0.4 is 0 Å². The summed E-state index contributed by atoms with van der Waals surface area (Å²) in [5.41, 5.74) is 0.748. The summed E-state index contributed by atoms with van der Waals surface area (Å²) in [6.07, 6.45) is 4.67. The Labute approximate surface area is 92.9 Å². The number of morpholine rings is 1. The lowest BCUT2D eigenvalue weighted by atomic mass is 10.2. The molecule has 1 N–H and O–H groups in total. The van der Waals surface area contributed by atoms with E-state index in [1.807, 2.05) is 4.90 Å². The van der Waals surface area contributed by atoms with Crippen LogP contribution in [0.4, 0.5) is 0 Å². The number of hydrogen-bond acceptors (Lipinski definition) is 5. The van der Waals surface area contributed by atoms with E-state index in [0.717, 1.165) is 5.69 Å². The molecule has 0 radical (unpaired) electrons. The molecule has 0 saturated carbocycles. The van der Waals surface area contributed by atoms with E-state index in [4.69, 9.17) is 9.84 Å². The van der Waals surface area contributed by atoms with Crippen molar-refractivity contribution < 1.29 is 14.6 Å². The molecule has 1 aromatic rings. The normalized spacial score (nSPS) is 21.9. The second-order valence-electron chi connectivity index (χ2n) is 3.62. The quantitative estimate of drug-likeness (QED) is 0.773. The zero-order chi connectivity index (χ0) is 11.4. The first-order valence-electron chi connectivity index (χ1n) is 5.07.